The molecule has 0 aliphatic carbocycles. The van der Waals surface area contributed by atoms with Gasteiger partial charge in [0.25, 0.3) is 0 Å². The number of aromatic nitrogens is 1. The van der Waals surface area contributed by atoms with Gasteiger partial charge in [0.15, 0.2) is 0 Å². The second-order valence-electron chi connectivity index (χ2n) is 12.8. The van der Waals surface area contributed by atoms with E-state index in [-0.39, 0.29) is 0 Å². The Hall–Kier alpha value is -6.36. The molecule has 0 amide bonds. The SMILES string of the molecule is C=Cc1c(/C=C\C)c2cc(N(c3ccccc3)c3cc(Br)cc(N(c4ccccc4)c4ccc(-c5ccccc5)cc4)c3)ccc2n1-c1ccccc1. The molecule has 0 atom stereocenters. The molecule has 256 valence electrons. The molecular formula is C49H38BrN3. The maximum atomic E-state index is 4.24. The zero-order valence-electron chi connectivity index (χ0n) is 29.5. The standard InChI is InChI=1S/C49H38BrN3/c1-3-17-46-47-35-43(30-31-49(47)53(48(46)4-2)41-24-15-8-16-25-41)52(40-22-13-7-14-23-40)45-33-38(50)32-44(34-45)51(39-20-11-6-12-21-39)42-28-26-37(27-29-42)36-18-9-5-10-19-36/h3-35H,2H2,1H3/b17-3-. The Balaban J connectivity index is 1.30. The Morgan fingerprint density at radius 1 is 0.509 bits per heavy atom. The van der Waals surface area contributed by atoms with Crippen molar-refractivity contribution in [1.29, 1.82) is 0 Å². The van der Waals surface area contributed by atoms with Crippen molar-refractivity contribution in [2.45, 2.75) is 6.92 Å². The third-order valence-electron chi connectivity index (χ3n) is 9.47. The van der Waals surface area contributed by atoms with Crippen LogP contribution in [0.1, 0.15) is 18.2 Å². The van der Waals surface area contributed by atoms with Crippen LogP contribution in [0.15, 0.2) is 199 Å². The molecule has 8 aromatic rings. The van der Waals surface area contributed by atoms with Gasteiger partial charge >= 0.3 is 0 Å². The molecule has 0 fully saturated rings. The number of allylic oxidation sites excluding steroid dienone is 1. The van der Waals surface area contributed by atoms with E-state index in [0.717, 1.165) is 66.4 Å². The molecule has 53 heavy (non-hydrogen) atoms. The zero-order chi connectivity index (χ0) is 36.1. The van der Waals surface area contributed by atoms with E-state index in [2.05, 4.69) is 238 Å². The van der Waals surface area contributed by atoms with Crippen LogP contribution in [0.4, 0.5) is 34.1 Å². The van der Waals surface area contributed by atoms with Gasteiger partial charge in [0.05, 0.1) is 11.2 Å². The Labute approximate surface area is 320 Å². The fraction of sp³-hybridized carbons (Fsp3) is 0.0204. The summed E-state index contributed by atoms with van der Waals surface area (Å²) in [5, 5.41) is 1.15. The van der Waals surface area contributed by atoms with E-state index in [9.17, 15) is 0 Å². The number of hydrogen-bond acceptors (Lipinski definition) is 2. The maximum Gasteiger partial charge on any atom is 0.0542 e. The molecule has 8 rings (SSSR count). The summed E-state index contributed by atoms with van der Waals surface area (Å²) in [6, 6.07) is 64.4. The molecule has 7 aromatic carbocycles. The van der Waals surface area contributed by atoms with Crippen LogP contribution in [0, 0.1) is 0 Å². The number of hydrogen-bond donors (Lipinski definition) is 0. The smallest absolute Gasteiger partial charge is 0.0542 e. The predicted octanol–water partition coefficient (Wildman–Crippen LogP) is 14.7. The molecule has 0 spiro atoms. The third-order valence-corrected chi connectivity index (χ3v) is 9.93. The van der Waals surface area contributed by atoms with Gasteiger partial charge in [-0.25, -0.2) is 0 Å². The number of halogens is 1. The molecule has 0 bridgehead atoms. The molecule has 1 heterocycles. The minimum absolute atomic E-state index is 0.979. The first-order chi connectivity index (χ1) is 26.1. The monoisotopic (exact) mass is 747 g/mol. The second-order valence-corrected chi connectivity index (χ2v) is 13.7. The highest BCUT2D eigenvalue weighted by Gasteiger charge is 2.21. The van der Waals surface area contributed by atoms with E-state index < -0.39 is 0 Å². The van der Waals surface area contributed by atoms with Crippen molar-refractivity contribution in [3.63, 3.8) is 0 Å². The molecule has 0 aliphatic rings. The Kier molecular flexibility index (Phi) is 9.61. The molecule has 4 heteroatoms. The van der Waals surface area contributed by atoms with Crippen molar-refractivity contribution >= 4 is 73.1 Å². The maximum absolute atomic E-state index is 4.24. The summed E-state index contributed by atoms with van der Waals surface area (Å²) in [4.78, 5) is 4.65. The normalized spacial score (nSPS) is 11.2. The summed E-state index contributed by atoms with van der Waals surface area (Å²) >= 11 is 3.93. The highest BCUT2D eigenvalue weighted by molar-refractivity contribution is 9.10. The van der Waals surface area contributed by atoms with E-state index >= 15 is 0 Å². The predicted molar refractivity (Wildman–Crippen MR) is 231 cm³/mol. The fourth-order valence-electron chi connectivity index (χ4n) is 7.16. The van der Waals surface area contributed by atoms with Crippen LogP contribution in [0.3, 0.4) is 0 Å². The largest absolute Gasteiger partial charge is 0.310 e. The van der Waals surface area contributed by atoms with Crippen LogP contribution < -0.4 is 9.80 Å². The van der Waals surface area contributed by atoms with E-state index in [0.29, 0.717) is 0 Å². The van der Waals surface area contributed by atoms with E-state index in [1.165, 1.54) is 11.1 Å². The van der Waals surface area contributed by atoms with Gasteiger partial charge in [-0.2, -0.15) is 0 Å². The number of nitrogens with zero attached hydrogens (tertiary/aromatic N) is 3. The van der Waals surface area contributed by atoms with Gasteiger partial charge in [-0.3, -0.25) is 0 Å². The highest BCUT2D eigenvalue weighted by atomic mass is 79.9. The van der Waals surface area contributed by atoms with Crippen LogP contribution in [0.25, 0.3) is 39.9 Å². The van der Waals surface area contributed by atoms with Gasteiger partial charge in [0.2, 0.25) is 0 Å². The third kappa shape index (κ3) is 6.73. The van der Waals surface area contributed by atoms with Crippen LogP contribution >= 0.6 is 15.9 Å². The lowest BCUT2D eigenvalue weighted by Crippen LogP contribution is -2.13. The van der Waals surface area contributed by atoms with Crippen molar-refractivity contribution in [3.8, 4) is 16.8 Å². The van der Waals surface area contributed by atoms with Gasteiger partial charge < -0.3 is 14.4 Å². The fourth-order valence-corrected chi connectivity index (χ4v) is 7.63. The van der Waals surface area contributed by atoms with Gasteiger partial charge in [0.1, 0.15) is 0 Å². The van der Waals surface area contributed by atoms with E-state index in [1.807, 2.05) is 6.08 Å². The summed E-state index contributed by atoms with van der Waals surface area (Å²) in [7, 11) is 0. The number of anilines is 6. The number of para-hydroxylation sites is 3. The minimum Gasteiger partial charge on any atom is -0.310 e. The van der Waals surface area contributed by atoms with Gasteiger partial charge in [-0.05, 0) is 109 Å². The Morgan fingerprint density at radius 2 is 1.00 bits per heavy atom. The average Bonchev–Trinajstić information content (AvgIpc) is 3.52. The van der Waals surface area contributed by atoms with Crippen molar-refractivity contribution in [1.82, 2.24) is 4.57 Å². The molecule has 0 radical (unpaired) electrons. The molecule has 1 aromatic heterocycles. The molecule has 0 saturated heterocycles. The molecule has 3 nitrogen and oxygen atoms in total. The molecule has 0 N–H and O–H groups in total. The summed E-state index contributed by atoms with van der Waals surface area (Å²) in [5.74, 6) is 0. The second kappa shape index (κ2) is 15.1. The van der Waals surface area contributed by atoms with Crippen molar-refractivity contribution in [2.75, 3.05) is 9.80 Å². The lowest BCUT2D eigenvalue weighted by Gasteiger charge is -2.30. The van der Waals surface area contributed by atoms with Gasteiger partial charge in [-0.1, -0.05) is 132 Å². The lowest BCUT2D eigenvalue weighted by molar-refractivity contribution is 1.11. The van der Waals surface area contributed by atoms with Crippen molar-refractivity contribution in [3.05, 3.63) is 210 Å². The van der Waals surface area contributed by atoms with Gasteiger partial charge in [0, 0.05) is 55.2 Å². The Morgan fingerprint density at radius 3 is 1.57 bits per heavy atom. The van der Waals surface area contributed by atoms with Gasteiger partial charge in [-0.15, -0.1) is 0 Å². The molecule has 0 unspecified atom stereocenters. The topological polar surface area (TPSA) is 11.4 Å². The highest BCUT2D eigenvalue weighted by Crippen LogP contribution is 2.44. The first-order valence-electron chi connectivity index (χ1n) is 17.8. The lowest BCUT2D eigenvalue weighted by atomic mass is 10.0. The van der Waals surface area contributed by atoms with Crippen molar-refractivity contribution in [2.24, 2.45) is 0 Å². The van der Waals surface area contributed by atoms with Crippen molar-refractivity contribution < 1.29 is 0 Å². The summed E-state index contributed by atoms with van der Waals surface area (Å²) < 4.78 is 3.28. The first-order valence-corrected chi connectivity index (χ1v) is 18.6. The molecule has 0 aliphatic heterocycles. The van der Waals surface area contributed by atoms with E-state index in [1.54, 1.807) is 0 Å². The molecular weight excluding hydrogens is 710 g/mol. The van der Waals surface area contributed by atoms with Crippen LogP contribution in [-0.2, 0) is 0 Å². The number of benzene rings is 7. The summed E-state index contributed by atoms with van der Waals surface area (Å²) in [5.41, 5.74) is 13.1. The average molecular weight is 749 g/mol. The van der Waals surface area contributed by atoms with Crippen LogP contribution in [-0.4, -0.2) is 4.57 Å². The quantitative estimate of drug-likeness (QED) is 0.138. The van der Waals surface area contributed by atoms with E-state index in [4.69, 9.17) is 0 Å². The van der Waals surface area contributed by atoms with Crippen LogP contribution in [0.2, 0.25) is 0 Å². The number of rotatable bonds is 10. The Bertz CT molecular complexity index is 2520. The first kappa shape index (κ1) is 33.8. The summed E-state index contributed by atoms with van der Waals surface area (Å²) in [6.45, 7) is 6.30. The number of fused-ring (bicyclic) bond motifs is 1. The minimum atomic E-state index is 0.979. The van der Waals surface area contributed by atoms with Crippen LogP contribution in [0.5, 0.6) is 0 Å². The zero-order valence-corrected chi connectivity index (χ0v) is 31.1. The molecule has 0 saturated carbocycles. The summed E-state index contributed by atoms with van der Waals surface area (Å²) in [6.07, 6.45) is 6.25.